The Labute approximate surface area is 176 Å². The minimum absolute atomic E-state index is 0.578. The van der Waals surface area contributed by atoms with E-state index in [1.807, 2.05) is 71.4 Å². The molecule has 0 amide bonds. The van der Waals surface area contributed by atoms with E-state index < -0.39 is 0 Å². The van der Waals surface area contributed by atoms with Crippen LogP contribution in [0.25, 0.3) is 16.9 Å². The largest absolute Gasteiger partial charge is 0.358 e. The molecule has 1 aromatic heterocycles. The summed E-state index contributed by atoms with van der Waals surface area (Å²) in [4.78, 5) is 0. The molecule has 0 atom stereocenters. The zero-order valence-electron chi connectivity index (χ0n) is 16.2. The molecule has 0 saturated carbocycles. The fourth-order valence-electron chi connectivity index (χ4n) is 3.15. The molecular weight excluding hydrogens is 376 g/mol. The average Bonchev–Trinajstić information content (AvgIpc) is 3.20. The fourth-order valence-corrected chi connectivity index (χ4v) is 3.33. The maximum Gasteiger partial charge on any atom is 0.171 e. The summed E-state index contributed by atoms with van der Waals surface area (Å²) >= 11 is 5.51. The summed E-state index contributed by atoms with van der Waals surface area (Å²) in [6.07, 6.45) is 2.06. The standard InChI is InChI=1S/C24H22N4S/c1-18-10-8-9-15-22(18)26-24(29)25-16-20-17-28(21-13-6-3-7-14-21)27-23(20)19-11-4-2-5-12-19/h2-15,17H,16H2,1H3,(H2,25,26,29). The third-order valence-electron chi connectivity index (χ3n) is 4.69. The van der Waals surface area contributed by atoms with Gasteiger partial charge in [-0.15, -0.1) is 0 Å². The average molecular weight is 399 g/mol. The van der Waals surface area contributed by atoms with E-state index in [0.29, 0.717) is 11.7 Å². The van der Waals surface area contributed by atoms with Crippen LogP contribution in [0.3, 0.4) is 0 Å². The monoisotopic (exact) mass is 398 g/mol. The van der Waals surface area contributed by atoms with Crippen LogP contribution in [-0.2, 0) is 6.54 Å². The molecule has 0 bridgehead atoms. The summed E-state index contributed by atoms with van der Waals surface area (Å²) in [6, 6.07) is 28.4. The Morgan fingerprint density at radius 2 is 1.55 bits per heavy atom. The van der Waals surface area contributed by atoms with Crippen molar-refractivity contribution in [3.8, 4) is 16.9 Å². The first kappa shape index (κ1) is 18.9. The van der Waals surface area contributed by atoms with Crippen LogP contribution in [0, 0.1) is 6.92 Å². The lowest BCUT2D eigenvalue weighted by Gasteiger charge is -2.12. The first-order valence-corrected chi connectivity index (χ1v) is 9.91. The van der Waals surface area contributed by atoms with Crippen LogP contribution in [0.5, 0.6) is 0 Å². The molecule has 0 spiro atoms. The van der Waals surface area contributed by atoms with Crippen LogP contribution in [0.2, 0.25) is 0 Å². The normalized spacial score (nSPS) is 10.5. The van der Waals surface area contributed by atoms with Crippen LogP contribution in [0.15, 0.2) is 91.1 Å². The van der Waals surface area contributed by atoms with E-state index >= 15 is 0 Å². The summed E-state index contributed by atoms with van der Waals surface area (Å²) in [7, 11) is 0. The molecule has 4 rings (SSSR count). The van der Waals surface area contributed by atoms with E-state index in [-0.39, 0.29) is 0 Å². The van der Waals surface area contributed by atoms with Crippen LogP contribution >= 0.6 is 12.2 Å². The van der Waals surface area contributed by atoms with Gasteiger partial charge in [-0.25, -0.2) is 4.68 Å². The number of aromatic nitrogens is 2. The highest BCUT2D eigenvalue weighted by Gasteiger charge is 2.12. The van der Waals surface area contributed by atoms with Crippen molar-refractivity contribution < 1.29 is 0 Å². The van der Waals surface area contributed by atoms with Gasteiger partial charge in [-0.3, -0.25) is 0 Å². The first-order valence-electron chi connectivity index (χ1n) is 9.50. The van der Waals surface area contributed by atoms with Gasteiger partial charge in [0.2, 0.25) is 0 Å². The molecule has 0 aliphatic heterocycles. The number of benzene rings is 3. The molecule has 0 unspecified atom stereocenters. The Morgan fingerprint density at radius 3 is 2.28 bits per heavy atom. The topological polar surface area (TPSA) is 41.9 Å². The van der Waals surface area contributed by atoms with Gasteiger partial charge >= 0.3 is 0 Å². The van der Waals surface area contributed by atoms with E-state index in [2.05, 4.69) is 42.0 Å². The maximum absolute atomic E-state index is 5.51. The first-order chi connectivity index (χ1) is 14.2. The van der Waals surface area contributed by atoms with Gasteiger partial charge in [0.15, 0.2) is 5.11 Å². The van der Waals surface area contributed by atoms with Crippen molar-refractivity contribution in [2.75, 3.05) is 5.32 Å². The lowest BCUT2D eigenvalue weighted by Crippen LogP contribution is -2.28. The van der Waals surface area contributed by atoms with Gasteiger partial charge < -0.3 is 10.6 Å². The number of anilines is 1. The molecule has 144 valence electrons. The van der Waals surface area contributed by atoms with E-state index in [1.54, 1.807) is 0 Å². The second-order valence-electron chi connectivity index (χ2n) is 6.77. The van der Waals surface area contributed by atoms with Crippen LogP contribution < -0.4 is 10.6 Å². The van der Waals surface area contributed by atoms with Crippen LogP contribution in [0.4, 0.5) is 5.69 Å². The molecule has 2 N–H and O–H groups in total. The predicted octanol–water partition coefficient (Wildman–Crippen LogP) is 5.33. The zero-order valence-corrected chi connectivity index (χ0v) is 17.0. The lowest BCUT2D eigenvalue weighted by molar-refractivity contribution is 0.879. The summed E-state index contributed by atoms with van der Waals surface area (Å²) in [5.41, 5.74) is 6.29. The fraction of sp³-hybridized carbons (Fsp3) is 0.0833. The number of rotatable bonds is 5. The molecule has 1 heterocycles. The SMILES string of the molecule is Cc1ccccc1NC(=S)NCc1cn(-c2ccccc2)nc1-c1ccccc1. The van der Waals surface area contributed by atoms with Gasteiger partial charge in [0.05, 0.1) is 11.4 Å². The van der Waals surface area contributed by atoms with Gasteiger partial charge in [-0.2, -0.15) is 5.10 Å². The van der Waals surface area contributed by atoms with Gasteiger partial charge in [0.25, 0.3) is 0 Å². The minimum atomic E-state index is 0.578. The number of para-hydroxylation sites is 2. The quantitative estimate of drug-likeness (QED) is 0.446. The molecule has 4 nitrogen and oxygen atoms in total. The Balaban J connectivity index is 1.56. The number of nitrogens with one attached hydrogen (secondary N) is 2. The van der Waals surface area contributed by atoms with Crippen molar-refractivity contribution in [3.63, 3.8) is 0 Å². The van der Waals surface area contributed by atoms with Gasteiger partial charge in [0, 0.05) is 29.6 Å². The molecular formula is C24H22N4S. The van der Waals surface area contributed by atoms with E-state index in [4.69, 9.17) is 17.3 Å². The van der Waals surface area contributed by atoms with E-state index in [1.165, 1.54) is 0 Å². The number of nitrogens with zero attached hydrogens (tertiary/aromatic N) is 2. The molecule has 0 radical (unpaired) electrons. The number of thiocarbonyl (C=S) groups is 1. The summed E-state index contributed by atoms with van der Waals surface area (Å²) in [5, 5.41) is 12.0. The predicted molar refractivity (Wildman–Crippen MR) is 123 cm³/mol. The number of hydrogen-bond acceptors (Lipinski definition) is 2. The van der Waals surface area contributed by atoms with Gasteiger partial charge in [-0.1, -0.05) is 66.7 Å². The Morgan fingerprint density at radius 1 is 0.897 bits per heavy atom. The highest BCUT2D eigenvalue weighted by Crippen LogP contribution is 2.23. The van der Waals surface area contributed by atoms with Crippen molar-refractivity contribution >= 4 is 23.0 Å². The molecule has 0 fully saturated rings. The molecule has 0 saturated heterocycles. The third kappa shape index (κ3) is 4.52. The van der Waals surface area contributed by atoms with Crippen molar-refractivity contribution in [2.45, 2.75) is 13.5 Å². The second-order valence-corrected chi connectivity index (χ2v) is 7.18. The van der Waals surface area contributed by atoms with Gasteiger partial charge in [0.1, 0.15) is 0 Å². The van der Waals surface area contributed by atoms with Crippen LogP contribution in [0.1, 0.15) is 11.1 Å². The number of hydrogen-bond donors (Lipinski definition) is 2. The van der Waals surface area contributed by atoms with Crippen LogP contribution in [-0.4, -0.2) is 14.9 Å². The number of aryl methyl sites for hydroxylation is 1. The van der Waals surface area contributed by atoms with Crippen molar-refractivity contribution in [3.05, 3.63) is 102 Å². The second kappa shape index (κ2) is 8.71. The Hall–Kier alpha value is -3.44. The molecule has 0 aliphatic rings. The molecule has 5 heteroatoms. The molecule has 4 aromatic rings. The summed E-state index contributed by atoms with van der Waals surface area (Å²) < 4.78 is 1.91. The van der Waals surface area contributed by atoms with E-state index in [0.717, 1.165) is 33.8 Å². The highest BCUT2D eigenvalue weighted by atomic mass is 32.1. The minimum Gasteiger partial charge on any atom is -0.358 e. The van der Waals surface area contributed by atoms with Crippen molar-refractivity contribution in [2.24, 2.45) is 0 Å². The Bertz CT molecular complexity index is 1100. The molecule has 3 aromatic carbocycles. The van der Waals surface area contributed by atoms with Crippen molar-refractivity contribution in [1.82, 2.24) is 15.1 Å². The van der Waals surface area contributed by atoms with Gasteiger partial charge in [-0.05, 0) is 42.9 Å². The maximum atomic E-state index is 5.51. The summed E-state index contributed by atoms with van der Waals surface area (Å²) in [6.45, 7) is 2.64. The molecule has 0 aliphatic carbocycles. The van der Waals surface area contributed by atoms with E-state index in [9.17, 15) is 0 Å². The Kier molecular flexibility index (Phi) is 5.68. The smallest absolute Gasteiger partial charge is 0.171 e. The zero-order chi connectivity index (χ0) is 20.1. The lowest BCUT2D eigenvalue weighted by atomic mass is 10.1. The third-order valence-corrected chi connectivity index (χ3v) is 4.94. The summed E-state index contributed by atoms with van der Waals surface area (Å²) in [5.74, 6) is 0. The highest BCUT2D eigenvalue weighted by molar-refractivity contribution is 7.80. The van der Waals surface area contributed by atoms with Crippen molar-refractivity contribution in [1.29, 1.82) is 0 Å². The molecule has 29 heavy (non-hydrogen) atoms.